The van der Waals surface area contributed by atoms with Gasteiger partial charge in [-0.25, -0.2) is 4.39 Å². The second kappa shape index (κ2) is 5.63. The summed E-state index contributed by atoms with van der Waals surface area (Å²) in [6, 6.07) is 6.66. The number of hydrogen-bond donors (Lipinski definition) is 0. The number of aromatic nitrogens is 2. The van der Waals surface area contributed by atoms with Crippen molar-refractivity contribution < 1.29 is 4.39 Å². The number of hydrogen-bond acceptors (Lipinski definition) is 4. The van der Waals surface area contributed by atoms with E-state index in [1.807, 2.05) is 0 Å². The molecule has 0 atom stereocenters. The molecule has 1 aromatic carbocycles. The fraction of sp³-hybridized carbons (Fsp3) is 0.333. The maximum atomic E-state index is 12.9. The van der Waals surface area contributed by atoms with Crippen molar-refractivity contribution in [2.45, 2.75) is 26.4 Å². The summed E-state index contributed by atoms with van der Waals surface area (Å²) in [6.45, 7) is 4.70. The minimum absolute atomic E-state index is 0.240. The summed E-state index contributed by atoms with van der Waals surface area (Å²) < 4.78 is 17.3. The van der Waals surface area contributed by atoms with Crippen molar-refractivity contribution in [1.82, 2.24) is 9.59 Å². The topological polar surface area (TPSA) is 29.0 Å². The van der Waals surface area contributed by atoms with Crippen LogP contribution in [-0.2, 0) is 6.54 Å². The van der Waals surface area contributed by atoms with Gasteiger partial charge in [0.2, 0.25) is 0 Å². The molecule has 0 bridgehead atoms. The highest BCUT2D eigenvalue weighted by atomic mass is 35.5. The highest BCUT2D eigenvalue weighted by Crippen LogP contribution is 2.24. The smallest absolute Gasteiger partial charge is 0.139 e. The molecule has 1 heterocycles. The van der Waals surface area contributed by atoms with Crippen molar-refractivity contribution in [1.29, 1.82) is 0 Å². The molecule has 3 nitrogen and oxygen atoms in total. The molecule has 0 spiro atoms. The Balaban J connectivity index is 2.24. The number of halogens is 2. The molecule has 0 saturated heterocycles. The quantitative estimate of drug-likeness (QED) is 0.857. The van der Waals surface area contributed by atoms with Crippen LogP contribution >= 0.6 is 23.1 Å². The number of nitrogens with zero attached hydrogens (tertiary/aromatic N) is 3. The molecule has 0 saturated carbocycles. The van der Waals surface area contributed by atoms with Crippen molar-refractivity contribution in [3.8, 4) is 0 Å². The summed E-state index contributed by atoms with van der Waals surface area (Å²) in [5, 5.41) is 4.00. The molecule has 0 aliphatic carbocycles. The lowest BCUT2D eigenvalue weighted by Crippen LogP contribution is -2.30. The Bertz CT molecular complexity index is 512. The van der Waals surface area contributed by atoms with Crippen molar-refractivity contribution in [3.05, 3.63) is 40.1 Å². The minimum Gasteiger partial charge on any atom is -0.363 e. The van der Waals surface area contributed by atoms with Gasteiger partial charge in [-0.2, -0.15) is 0 Å². The van der Waals surface area contributed by atoms with Gasteiger partial charge in [0.05, 0.1) is 6.54 Å². The lowest BCUT2D eigenvalue weighted by Gasteiger charge is -2.28. The molecule has 1 aromatic heterocycles. The monoisotopic (exact) mass is 285 g/mol. The lowest BCUT2D eigenvalue weighted by molar-refractivity contribution is 0.625. The molecule has 0 amide bonds. The molecule has 2 rings (SSSR count). The summed E-state index contributed by atoms with van der Waals surface area (Å²) in [6.07, 6.45) is 0. The molecule has 2 aromatic rings. The second-order valence-electron chi connectivity index (χ2n) is 4.19. The van der Waals surface area contributed by atoms with Crippen LogP contribution in [0, 0.1) is 5.82 Å². The van der Waals surface area contributed by atoms with Crippen LogP contribution in [0.3, 0.4) is 0 Å². The Hall–Kier alpha value is -1.20. The molecule has 0 unspecified atom stereocenters. The Kier molecular flexibility index (Phi) is 4.14. The summed E-state index contributed by atoms with van der Waals surface area (Å²) in [4.78, 5) is 2.10. The van der Waals surface area contributed by atoms with Crippen LogP contribution in [0.25, 0.3) is 0 Å². The summed E-state index contributed by atoms with van der Waals surface area (Å²) in [5.41, 5.74) is 1.69. The maximum absolute atomic E-state index is 12.9. The van der Waals surface area contributed by atoms with Gasteiger partial charge in [0, 0.05) is 23.3 Å². The van der Waals surface area contributed by atoms with Crippen LogP contribution in [0.15, 0.2) is 24.3 Å². The fourth-order valence-electron chi connectivity index (χ4n) is 1.66. The van der Waals surface area contributed by atoms with Crippen LogP contribution in [0.1, 0.15) is 19.5 Å². The highest BCUT2D eigenvalue weighted by Gasteiger charge is 2.15. The molecule has 0 fully saturated rings. The van der Waals surface area contributed by atoms with Gasteiger partial charge in [-0.1, -0.05) is 16.1 Å². The summed E-state index contributed by atoms with van der Waals surface area (Å²) >= 11 is 7.18. The summed E-state index contributed by atoms with van der Waals surface area (Å²) in [7, 11) is 0. The molecule has 0 radical (unpaired) electrons. The van der Waals surface area contributed by atoms with Gasteiger partial charge in [0.1, 0.15) is 15.8 Å². The third-order valence-corrected chi connectivity index (χ3v) is 3.60. The largest absolute Gasteiger partial charge is 0.363 e. The molecule has 0 aliphatic rings. The zero-order valence-corrected chi connectivity index (χ0v) is 11.7. The van der Waals surface area contributed by atoms with Crippen molar-refractivity contribution in [2.24, 2.45) is 0 Å². The standard InChI is InChI=1S/C12H13ClFN3S/c1-8(2)17(7-11-12(13)18-16-15-11)10-5-3-9(14)4-6-10/h3-6,8H,7H2,1-2H3. The third kappa shape index (κ3) is 2.97. The molecular formula is C12H13ClFN3S. The molecular weight excluding hydrogens is 273 g/mol. The van der Waals surface area contributed by atoms with E-state index in [9.17, 15) is 4.39 Å². The molecule has 6 heteroatoms. The first-order valence-corrected chi connectivity index (χ1v) is 6.72. The molecule has 0 aliphatic heterocycles. The van der Waals surface area contributed by atoms with Gasteiger partial charge >= 0.3 is 0 Å². The Morgan fingerprint density at radius 1 is 1.33 bits per heavy atom. The van der Waals surface area contributed by atoms with Gasteiger partial charge in [-0.3, -0.25) is 0 Å². The SMILES string of the molecule is CC(C)N(Cc1nnsc1Cl)c1ccc(F)cc1. The number of anilines is 1. The van der Waals surface area contributed by atoms with Crippen LogP contribution in [0.4, 0.5) is 10.1 Å². The Morgan fingerprint density at radius 3 is 2.50 bits per heavy atom. The normalized spacial score (nSPS) is 10.9. The first kappa shape index (κ1) is 13.2. The lowest BCUT2D eigenvalue weighted by atomic mass is 10.2. The van der Waals surface area contributed by atoms with Gasteiger partial charge in [0.25, 0.3) is 0 Å². The van der Waals surface area contributed by atoms with Gasteiger partial charge in [-0.15, -0.1) is 5.10 Å². The maximum Gasteiger partial charge on any atom is 0.139 e. The molecule has 0 N–H and O–H groups in total. The number of benzene rings is 1. The average Bonchev–Trinajstić information content (AvgIpc) is 2.73. The van der Waals surface area contributed by atoms with Crippen LogP contribution in [0.2, 0.25) is 4.34 Å². The minimum atomic E-state index is -0.240. The van der Waals surface area contributed by atoms with E-state index in [0.29, 0.717) is 10.9 Å². The predicted octanol–water partition coefficient (Wildman–Crippen LogP) is 3.75. The van der Waals surface area contributed by atoms with Gasteiger partial charge in [-0.05, 0) is 38.1 Å². The van der Waals surface area contributed by atoms with E-state index in [1.54, 1.807) is 12.1 Å². The van der Waals surface area contributed by atoms with E-state index >= 15 is 0 Å². The Labute approximate surface area is 114 Å². The van der Waals surface area contributed by atoms with Gasteiger partial charge < -0.3 is 4.90 Å². The summed E-state index contributed by atoms with van der Waals surface area (Å²) in [5.74, 6) is -0.240. The van der Waals surface area contributed by atoms with E-state index in [1.165, 1.54) is 23.7 Å². The van der Waals surface area contributed by atoms with Crippen molar-refractivity contribution in [3.63, 3.8) is 0 Å². The average molecular weight is 286 g/mol. The number of rotatable bonds is 4. The molecule has 18 heavy (non-hydrogen) atoms. The highest BCUT2D eigenvalue weighted by molar-refractivity contribution is 7.10. The predicted molar refractivity (Wildman–Crippen MR) is 72.6 cm³/mol. The van der Waals surface area contributed by atoms with Crippen LogP contribution < -0.4 is 4.90 Å². The van der Waals surface area contributed by atoms with Crippen LogP contribution in [0.5, 0.6) is 0 Å². The fourth-order valence-corrected chi connectivity index (χ4v) is 2.27. The van der Waals surface area contributed by atoms with Gasteiger partial charge in [0.15, 0.2) is 0 Å². The van der Waals surface area contributed by atoms with E-state index in [-0.39, 0.29) is 11.9 Å². The molecule has 96 valence electrons. The zero-order chi connectivity index (χ0) is 13.1. The first-order valence-electron chi connectivity index (χ1n) is 5.57. The van der Waals surface area contributed by atoms with Crippen molar-refractivity contribution in [2.75, 3.05) is 4.90 Å². The zero-order valence-electron chi connectivity index (χ0n) is 10.1. The van der Waals surface area contributed by atoms with E-state index in [0.717, 1.165) is 11.4 Å². The van der Waals surface area contributed by atoms with E-state index in [2.05, 4.69) is 28.3 Å². The first-order chi connectivity index (χ1) is 8.58. The van der Waals surface area contributed by atoms with E-state index < -0.39 is 0 Å². The Morgan fingerprint density at radius 2 is 2.00 bits per heavy atom. The van der Waals surface area contributed by atoms with Crippen LogP contribution in [-0.4, -0.2) is 15.6 Å². The van der Waals surface area contributed by atoms with E-state index in [4.69, 9.17) is 11.6 Å². The third-order valence-electron chi connectivity index (χ3n) is 2.61. The van der Waals surface area contributed by atoms with Crippen molar-refractivity contribution >= 4 is 28.8 Å². The second-order valence-corrected chi connectivity index (χ2v) is 5.55.